The fourth-order valence-corrected chi connectivity index (χ4v) is 1.87. The Bertz CT molecular complexity index is 323. The van der Waals surface area contributed by atoms with Gasteiger partial charge in [-0.2, -0.15) is 0 Å². The summed E-state index contributed by atoms with van der Waals surface area (Å²) in [6.45, 7) is 9.90. The average molecular weight is 250 g/mol. The van der Waals surface area contributed by atoms with E-state index in [9.17, 15) is 0 Å². The van der Waals surface area contributed by atoms with Crippen molar-refractivity contribution in [3.8, 4) is 5.75 Å². The van der Waals surface area contributed by atoms with Crippen molar-refractivity contribution < 1.29 is 10.1 Å². The van der Waals surface area contributed by atoms with Gasteiger partial charge in [-0.3, -0.25) is 0 Å². The Morgan fingerprint density at radius 2 is 1.94 bits per heavy atom. The summed E-state index contributed by atoms with van der Waals surface area (Å²) >= 11 is 0. The number of rotatable bonds is 9. The predicted molar refractivity (Wildman–Crippen MR) is 77.2 cm³/mol. The first-order valence-corrected chi connectivity index (χ1v) is 7.28. The maximum Gasteiger partial charge on any atom is 0.119 e. The van der Waals surface area contributed by atoms with Crippen molar-refractivity contribution in [1.29, 1.82) is 0 Å². The summed E-state index contributed by atoms with van der Waals surface area (Å²) in [5.74, 6) is 1.57. The summed E-state index contributed by atoms with van der Waals surface area (Å²) in [6.07, 6.45) is 3.72. The van der Waals surface area contributed by atoms with Gasteiger partial charge in [-0.15, -0.1) is 0 Å². The molecule has 0 aromatic heterocycles. The van der Waals surface area contributed by atoms with E-state index in [1.807, 2.05) is 6.07 Å². The largest absolute Gasteiger partial charge is 0.493 e. The van der Waals surface area contributed by atoms with Gasteiger partial charge in [-0.05, 0) is 30.0 Å². The van der Waals surface area contributed by atoms with Crippen LogP contribution in [0.1, 0.15) is 51.5 Å². The summed E-state index contributed by atoms with van der Waals surface area (Å²) in [4.78, 5) is 0. The van der Waals surface area contributed by atoms with E-state index >= 15 is 0 Å². The van der Waals surface area contributed by atoms with Crippen LogP contribution in [0.4, 0.5) is 0 Å². The minimum atomic E-state index is 0.566. The van der Waals surface area contributed by atoms with Crippen LogP contribution >= 0.6 is 0 Å². The van der Waals surface area contributed by atoms with Gasteiger partial charge in [0.1, 0.15) is 5.75 Å². The number of hydrogen-bond donors (Lipinski definition) is 1. The first-order valence-electron chi connectivity index (χ1n) is 7.28. The van der Waals surface area contributed by atoms with Crippen LogP contribution < -0.4 is 10.1 Å². The third kappa shape index (κ3) is 6.06. The van der Waals surface area contributed by atoms with E-state index in [1.165, 1.54) is 31.5 Å². The topological polar surface area (TPSA) is 25.8 Å². The van der Waals surface area contributed by atoms with Crippen molar-refractivity contribution in [2.45, 2.75) is 46.0 Å². The van der Waals surface area contributed by atoms with Crippen molar-refractivity contribution in [3.05, 3.63) is 29.8 Å². The van der Waals surface area contributed by atoms with Crippen LogP contribution in [0.5, 0.6) is 5.75 Å². The van der Waals surface area contributed by atoms with Gasteiger partial charge in [-0.25, -0.2) is 0 Å². The molecule has 0 aliphatic carbocycles. The fourth-order valence-electron chi connectivity index (χ4n) is 1.87. The Morgan fingerprint density at radius 3 is 2.67 bits per heavy atom. The fraction of sp³-hybridized carbons (Fsp3) is 0.625. The Labute approximate surface area is 112 Å². The summed E-state index contributed by atoms with van der Waals surface area (Å²) in [6, 6.07) is 8.45. The van der Waals surface area contributed by atoms with Crippen molar-refractivity contribution in [1.82, 2.24) is 0 Å². The second-order valence-electron chi connectivity index (χ2n) is 5.15. The highest BCUT2D eigenvalue weighted by Gasteiger charge is 2.01. The number of hydrogen-bond acceptors (Lipinski definition) is 1. The van der Waals surface area contributed by atoms with Gasteiger partial charge in [0, 0.05) is 6.42 Å². The lowest BCUT2D eigenvalue weighted by Crippen LogP contribution is -2.84. The van der Waals surface area contributed by atoms with Gasteiger partial charge in [0.25, 0.3) is 0 Å². The van der Waals surface area contributed by atoms with Crippen LogP contribution in [0, 0.1) is 0 Å². The zero-order valence-corrected chi connectivity index (χ0v) is 12.1. The normalized spacial score (nSPS) is 10.9. The smallest absolute Gasteiger partial charge is 0.119 e. The van der Waals surface area contributed by atoms with Crippen LogP contribution in [-0.4, -0.2) is 19.7 Å². The Hall–Kier alpha value is -1.02. The average Bonchev–Trinajstić information content (AvgIpc) is 2.38. The highest BCUT2D eigenvalue weighted by Crippen LogP contribution is 2.19. The molecule has 1 aromatic carbocycles. The molecular formula is C16H28NO+. The van der Waals surface area contributed by atoms with Crippen LogP contribution in [0.25, 0.3) is 0 Å². The first-order chi connectivity index (χ1) is 8.74. The van der Waals surface area contributed by atoms with Gasteiger partial charge >= 0.3 is 0 Å². The van der Waals surface area contributed by atoms with E-state index in [1.54, 1.807) is 0 Å². The van der Waals surface area contributed by atoms with Gasteiger partial charge < -0.3 is 10.1 Å². The maximum atomic E-state index is 5.78. The molecule has 0 saturated carbocycles. The van der Waals surface area contributed by atoms with Gasteiger partial charge in [0.2, 0.25) is 0 Å². The van der Waals surface area contributed by atoms with Crippen molar-refractivity contribution in [2.75, 3.05) is 19.7 Å². The van der Waals surface area contributed by atoms with Gasteiger partial charge in [0.15, 0.2) is 0 Å². The summed E-state index contributed by atoms with van der Waals surface area (Å²) in [7, 11) is 0. The minimum absolute atomic E-state index is 0.566. The van der Waals surface area contributed by atoms with Crippen molar-refractivity contribution in [3.63, 3.8) is 0 Å². The van der Waals surface area contributed by atoms with E-state index in [4.69, 9.17) is 4.74 Å². The van der Waals surface area contributed by atoms with Crippen LogP contribution in [0.15, 0.2) is 24.3 Å². The van der Waals surface area contributed by atoms with E-state index in [-0.39, 0.29) is 0 Å². The van der Waals surface area contributed by atoms with Gasteiger partial charge in [-0.1, -0.05) is 39.3 Å². The lowest BCUT2D eigenvalue weighted by Gasteiger charge is -2.09. The van der Waals surface area contributed by atoms with E-state index in [2.05, 4.69) is 44.3 Å². The molecule has 0 radical (unpaired) electrons. The third-order valence-corrected chi connectivity index (χ3v) is 3.11. The van der Waals surface area contributed by atoms with Crippen LogP contribution in [0.3, 0.4) is 0 Å². The molecule has 0 aliphatic heterocycles. The van der Waals surface area contributed by atoms with Gasteiger partial charge in [0.05, 0.1) is 19.7 Å². The summed E-state index contributed by atoms with van der Waals surface area (Å²) < 4.78 is 5.78. The lowest BCUT2D eigenvalue weighted by atomic mass is 10.0. The molecular weight excluding hydrogens is 222 g/mol. The van der Waals surface area contributed by atoms with Crippen molar-refractivity contribution in [2.24, 2.45) is 0 Å². The molecule has 0 bridgehead atoms. The van der Waals surface area contributed by atoms with E-state index in [0.29, 0.717) is 5.92 Å². The van der Waals surface area contributed by atoms with Crippen LogP contribution in [0.2, 0.25) is 0 Å². The molecule has 1 rings (SSSR count). The first kappa shape index (κ1) is 15.0. The quantitative estimate of drug-likeness (QED) is 0.670. The SMILES string of the molecule is CCCC[NH2+]CCCOc1cccc(C(C)C)c1. The molecule has 2 nitrogen and oxygen atoms in total. The van der Waals surface area contributed by atoms with Crippen LogP contribution in [-0.2, 0) is 0 Å². The second-order valence-corrected chi connectivity index (χ2v) is 5.15. The van der Waals surface area contributed by atoms with E-state index < -0.39 is 0 Å². The van der Waals surface area contributed by atoms with Crippen molar-refractivity contribution >= 4 is 0 Å². The highest BCUT2D eigenvalue weighted by molar-refractivity contribution is 5.30. The predicted octanol–water partition coefficient (Wildman–Crippen LogP) is 2.94. The Kier molecular flexibility index (Phi) is 7.51. The third-order valence-electron chi connectivity index (χ3n) is 3.11. The molecule has 2 heteroatoms. The monoisotopic (exact) mass is 250 g/mol. The molecule has 0 saturated heterocycles. The lowest BCUT2D eigenvalue weighted by molar-refractivity contribution is -0.655. The zero-order valence-electron chi connectivity index (χ0n) is 12.1. The zero-order chi connectivity index (χ0) is 13.2. The molecule has 18 heavy (non-hydrogen) atoms. The molecule has 2 N–H and O–H groups in total. The minimum Gasteiger partial charge on any atom is -0.493 e. The molecule has 0 atom stereocenters. The Morgan fingerprint density at radius 1 is 1.17 bits per heavy atom. The number of nitrogens with two attached hydrogens (primary N) is 1. The maximum absolute atomic E-state index is 5.78. The second kappa shape index (κ2) is 8.98. The highest BCUT2D eigenvalue weighted by atomic mass is 16.5. The molecule has 102 valence electrons. The molecule has 0 spiro atoms. The van der Waals surface area contributed by atoms with E-state index in [0.717, 1.165) is 18.8 Å². The summed E-state index contributed by atoms with van der Waals surface area (Å²) in [5.41, 5.74) is 1.35. The standard InChI is InChI=1S/C16H27NO/c1-4-5-10-17-11-7-12-18-16-9-6-8-15(13-16)14(2)3/h6,8-9,13-14,17H,4-5,7,10-12H2,1-3H3/p+1. The summed E-state index contributed by atoms with van der Waals surface area (Å²) in [5, 5.41) is 2.39. The number of benzene rings is 1. The molecule has 0 amide bonds. The number of unbranched alkanes of at least 4 members (excludes halogenated alkanes) is 1. The molecule has 0 aliphatic rings. The Balaban J connectivity index is 2.17. The molecule has 0 unspecified atom stereocenters. The molecule has 1 aromatic rings. The number of quaternary nitrogens is 1. The molecule has 0 heterocycles. The number of ether oxygens (including phenoxy) is 1. The molecule has 0 fully saturated rings.